The Morgan fingerprint density at radius 1 is 1.10 bits per heavy atom. The summed E-state index contributed by atoms with van der Waals surface area (Å²) in [7, 11) is 0. The van der Waals surface area contributed by atoms with Gasteiger partial charge < -0.3 is 10.4 Å². The topological polar surface area (TPSA) is 83.5 Å². The summed E-state index contributed by atoms with van der Waals surface area (Å²) < 4.78 is 0. The van der Waals surface area contributed by atoms with Gasteiger partial charge in [-0.1, -0.05) is 19.1 Å². The minimum Gasteiger partial charge on any atom is -0.481 e. The molecule has 0 unspecified atom stereocenters. The van der Waals surface area contributed by atoms with Gasteiger partial charge in [0.25, 0.3) is 5.91 Å². The molecule has 0 spiro atoms. The quantitative estimate of drug-likeness (QED) is 0.756. The Kier molecular flexibility index (Phi) is 5.64. The highest BCUT2D eigenvalue weighted by Crippen LogP contribution is 2.13. The van der Waals surface area contributed by atoms with E-state index in [1.165, 1.54) is 0 Å². The molecule has 0 heterocycles. The molecule has 0 atom stereocenters. The Hall–Kier alpha value is -2.17. The largest absolute Gasteiger partial charge is 0.481 e. The monoisotopic (exact) mass is 291 g/mol. The highest BCUT2D eigenvalue weighted by atomic mass is 16.4. The molecule has 5 nitrogen and oxygen atoms in total. The maximum absolute atomic E-state index is 12.1. The Labute approximate surface area is 124 Å². The number of rotatable bonds is 7. The second-order valence-corrected chi connectivity index (χ2v) is 5.59. The second kappa shape index (κ2) is 7.02. The van der Waals surface area contributed by atoms with Crippen LogP contribution in [0.3, 0.4) is 0 Å². The van der Waals surface area contributed by atoms with Gasteiger partial charge in [0.05, 0.1) is 0 Å². The predicted octanol–water partition coefficient (Wildman–Crippen LogP) is 2.65. The zero-order chi connectivity index (χ0) is 16.0. The van der Waals surface area contributed by atoms with Crippen LogP contribution in [0, 0.1) is 0 Å². The van der Waals surface area contributed by atoms with E-state index in [4.69, 9.17) is 5.11 Å². The fourth-order valence-corrected chi connectivity index (χ4v) is 1.87. The van der Waals surface area contributed by atoms with Crippen LogP contribution >= 0.6 is 0 Å². The van der Waals surface area contributed by atoms with Crippen LogP contribution in [0.4, 0.5) is 0 Å². The minimum atomic E-state index is -0.889. The Morgan fingerprint density at radius 2 is 1.62 bits per heavy atom. The standard InChI is InChI=1S/C16H21NO4/c1-4-13(18)11-5-7-12(8-6-11)15(21)17-16(2,3)10-9-14(19)20/h5-8H,4,9-10H2,1-3H3,(H,17,21)(H,19,20). The van der Waals surface area contributed by atoms with Crippen LogP contribution in [0.1, 0.15) is 60.7 Å². The van der Waals surface area contributed by atoms with Crippen molar-refractivity contribution in [2.45, 2.75) is 45.6 Å². The van der Waals surface area contributed by atoms with Gasteiger partial charge in [-0.15, -0.1) is 0 Å². The molecule has 0 saturated heterocycles. The molecule has 21 heavy (non-hydrogen) atoms. The maximum Gasteiger partial charge on any atom is 0.303 e. The fraction of sp³-hybridized carbons (Fsp3) is 0.438. The number of hydrogen-bond acceptors (Lipinski definition) is 3. The van der Waals surface area contributed by atoms with Crippen molar-refractivity contribution in [3.05, 3.63) is 35.4 Å². The summed E-state index contributed by atoms with van der Waals surface area (Å²) in [5.41, 5.74) is 0.429. The molecule has 0 aliphatic heterocycles. The van der Waals surface area contributed by atoms with Crippen molar-refractivity contribution in [1.82, 2.24) is 5.32 Å². The van der Waals surface area contributed by atoms with Gasteiger partial charge >= 0.3 is 5.97 Å². The van der Waals surface area contributed by atoms with E-state index in [9.17, 15) is 14.4 Å². The van der Waals surface area contributed by atoms with E-state index in [-0.39, 0.29) is 18.1 Å². The fourth-order valence-electron chi connectivity index (χ4n) is 1.87. The molecule has 0 aliphatic rings. The normalized spacial score (nSPS) is 11.0. The molecule has 0 fully saturated rings. The number of nitrogens with one attached hydrogen (secondary N) is 1. The van der Waals surface area contributed by atoms with E-state index in [0.717, 1.165) is 0 Å². The lowest BCUT2D eigenvalue weighted by molar-refractivity contribution is -0.137. The number of carboxylic acid groups (broad SMARTS) is 1. The molecule has 0 radical (unpaired) electrons. The van der Waals surface area contributed by atoms with Gasteiger partial charge in [-0.05, 0) is 32.4 Å². The number of carboxylic acids is 1. The highest BCUT2D eigenvalue weighted by molar-refractivity contribution is 5.98. The molecular formula is C16H21NO4. The zero-order valence-electron chi connectivity index (χ0n) is 12.6. The third-order valence-corrected chi connectivity index (χ3v) is 3.21. The number of ketones is 1. The van der Waals surface area contributed by atoms with Crippen molar-refractivity contribution in [2.75, 3.05) is 0 Å². The molecule has 1 rings (SSSR count). The van der Waals surface area contributed by atoms with E-state index in [1.807, 2.05) is 0 Å². The molecule has 0 aliphatic carbocycles. The molecule has 0 saturated carbocycles. The molecule has 0 bridgehead atoms. The number of carbonyl (C=O) groups excluding carboxylic acids is 2. The number of Topliss-reactive ketones (excluding diaryl/α,β-unsaturated/α-hetero) is 1. The van der Waals surface area contributed by atoms with Crippen molar-refractivity contribution >= 4 is 17.7 Å². The van der Waals surface area contributed by atoms with Gasteiger partial charge in [0.2, 0.25) is 0 Å². The van der Waals surface area contributed by atoms with Crippen LogP contribution in [0.15, 0.2) is 24.3 Å². The van der Waals surface area contributed by atoms with Crippen LogP contribution in [0.25, 0.3) is 0 Å². The first-order chi connectivity index (χ1) is 9.75. The van der Waals surface area contributed by atoms with E-state index in [1.54, 1.807) is 45.0 Å². The third kappa shape index (κ3) is 5.38. The van der Waals surface area contributed by atoms with Crippen LogP contribution in [0.5, 0.6) is 0 Å². The zero-order valence-corrected chi connectivity index (χ0v) is 12.6. The molecule has 1 amide bonds. The Bertz CT molecular complexity index is 532. The van der Waals surface area contributed by atoms with E-state index in [0.29, 0.717) is 24.0 Å². The predicted molar refractivity (Wildman–Crippen MR) is 79.5 cm³/mol. The average molecular weight is 291 g/mol. The number of benzene rings is 1. The number of aliphatic carboxylic acids is 1. The van der Waals surface area contributed by atoms with E-state index < -0.39 is 11.5 Å². The number of amides is 1. The number of hydrogen-bond donors (Lipinski definition) is 2. The molecule has 1 aromatic carbocycles. The smallest absolute Gasteiger partial charge is 0.303 e. The maximum atomic E-state index is 12.1. The summed E-state index contributed by atoms with van der Waals surface area (Å²) in [6.07, 6.45) is 0.769. The van der Waals surface area contributed by atoms with E-state index >= 15 is 0 Å². The summed E-state index contributed by atoms with van der Waals surface area (Å²) in [6.45, 7) is 5.35. The lowest BCUT2D eigenvalue weighted by Gasteiger charge is -2.25. The highest BCUT2D eigenvalue weighted by Gasteiger charge is 2.22. The lowest BCUT2D eigenvalue weighted by Crippen LogP contribution is -2.43. The van der Waals surface area contributed by atoms with Crippen molar-refractivity contribution in [2.24, 2.45) is 0 Å². The van der Waals surface area contributed by atoms with E-state index in [2.05, 4.69) is 5.32 Å². The van der Waals surface area contributed by atoms with Gasteiger partial charge in [0.15, 0.2) is 5.78 Å². The molecule has 0 aromatic heterocycles. The summed E-state index contributed by atoms with van der Waals surface area (Å²) in [5, 5.41) is 11.5. The molecule has 2 N–H and O–H groups in total. The molecule has 1 aromatic rings. The lowest BCUT2D eigenvalue weighted by atomic mass is 9.97. The first-order valence-electron chi connectivity index (χ1n) is 6.93. The summed E-state index contributed by atoms with van der Waals surface area (Å²) in [5.74, 6) is -1.13. The van der Waals surface area contributed by atoms with Gasteiger partial charge in [-0.25, -0.2) is 0 Å². The molecule has 5 heteroatoms. The van der Waals surface area contributed by atoms with Gasteiger partial charge in [0.1, 0.15) is 0 Å². The van der Waals surface area contributed by atoms with Crippen LogP contribution in [-0.4, -0.2) is 28.3 Å². The third-order valence-electron chi connectivity index (χ3n) is 3.21. The SMILES string of the molecule is CCC(=O)c1ccc(C(=O)NC(C)(C)CCC(=O)O)cc1. The second-order valence-electron chi connectivity index (χ2n) is 5.59. The summed E-state index contributed by atoms with van der Waals surface area (Å²) >= 11 is 0. The van der Waals surface area contributed by atoms with Crippen LogP contribution in [-0.2, 0) is 4.79 Å². The molecular weight excluding hydrogens is 270 g/mol. The summed E-state index contributed by atoms with van der Waals surface area (Å²) in [6, 6.07) is 6.47. The first kappa shape index (κ1) is 16.9. The molecule has 114 valence electrons. The van der Waals surface area contributed by atoms with Crippen molar-refractivity contribution in [3.63, 3.8) is 0 Å². The average Bonchev–Trinajstić information content (AvgIpc) is 2.44. The van der Waals surface area contributed by atoms with Gasteiger partial charge in [-0.3, -0.25) is 14.4 Å². The van der Waals surface area contributed by atoms with Crippen LogP contribution < -0.4 is 5.32 Å². The van der Waals surface area contributed by atoms with Gasteiger partial charge in [-0.2, -0.15) is 0 Å². The van der Waals surface area contributed by atoms with Gasteiger partial charge in [0, 0.05) is 29.5 Å². The summed E-state index contributed by atoms with van der Waals surface area (Å²) in [4.78, 5) is 34.2. The van der Waals surface area contributed by atoms with Crippen molar-refractivity contribution in [1.29, 1.82) is 0 Å². The van der Waals surface area contributed by atoms with Crippen molar-refractivity contribution < 1.29 is 19.5 Å². The van der Waals surface area contributed by atoms with Crippen LogP contribution in [0.2, 0.25) is 0 Å². The Balaban J connectivity index is 2.71. The minimum absolute atomic E-state index is 0.00276. The Morgan fingerprint density at radius 3 is 2.10 bits per heavy atom. The van der Waals surface area contributed by atoms with Crippen molar-refractivity contribution in [3.8, 4) is 0 Å². The number of carbonyl (C=O) groups is 3. The first-order valence-corrected chi connectivity index (χ1v) is 6.93.